The molecule has 0 amide bonds. The van der Waals surface area contributed by atoms with Crippen molar-refractivity contribution in [3.05, 3.63) is 0 Å². The van der Waals surface area contributed by atoms with Crippen LogP contribution in [-0.2, 0) is 9.47 Å². The first-order valence-electron chi connectivity index (χ1n) is 3.92. The fourth-order valence-electron chi connectivity index (χ4n) is 1.25. The summed E-state index contributed by atoms with van der Waals surface area (Å²) < 4.78 is 10.6. The third-order valence-electron chi connectivity index (χ3n) is 2.29. The highest BCUT2D eigenvalue weighted by Gasteiger charge is 2.24. The molecule has 3 atom stereocenters. The van der Waals surface area contributed by atoms with Crippen molar-refractivity contribution in [1.29, 1.82) is 0 Å². The molecule has 1 unspecified atom stereocenters. The second-order valence-corrected chi connectivity index (χ2v) is 3.06. The van der Waals surface area contributed by atoms with Crippen LogP contribution in [-0.4, -0.2) is 19.5 Å². The molecule has 60 valence electrons. The van der Waals surface area contributed by atoms with Crippen LogP contribution in [0.2, 0.25) is 0 Å². The Labute approximate surface area is 62.5 Å². The van der Waals surface area contributed by atoms with E-state index in [1.807, 2.05) is 0 Å². The molecule has 0 radical (unpaired) electrons. The maximum Gasteiger partial charge on any atom is 0.157 e. The number of ether oxygens (including phenoxy) is 2. The van der Waals surface area contributed by atoms with Gasteiger partial charge in [-0.2, -0.15) is 0 Å². The van der Waals surface area contributed by atoms with Gasteiger partial charge >= 0.3 is 0 Å². The van der Waals surface area contributed by atoms with Crippen LogP contribution in [0.4, 0.5) is 0 Å². The molecule has 1 aliphatic heterocycles. The van der Waals surface area contributed by atoms with E-state index in [2.05, 4.69) is 13.8 Å². The summed E-state index contributed by atoms with van der Waals surface area (Å²) in [6.07, 6.45) is 2.67. The molecular weight excluding hydrogens is 128 g/mol. The van der Waals surface area contributed by atoms with Crippen molar-refractivity contribution in [2.24, 2.45) is 5.92 Å². The summed E-state index contributed by atoms with van der Waals surface area (Å²) in [5.41, 5.74) is 0. The Hall–Kier alpha value is -0.0800. The van der Waals surface area contributed by atoms with Gasteiger partial charge in [0.2, 0.25) is 0 Å². The Morgan fingerprint density at radius 1 is 1.30 bits per heavy atom. The van der Waals surface area contributed by atoms with Gasteiger partial charge in [-0.05, 0) is 25.7 Å². The standard InChI is InChI=1S/C8H16O2/c1-6-4-5-8(9-3)10-7(6)2/h6-8H,4-5H2,1-3H3/t6-,7?,8+/m0/s1. The second-order valence-electron chi connectivity index (χ2n) is 3.06. The van der Waals surface area contributed by atoms with E-state index in [-0.39, 0.29) is 6.29 Å². The lowest BCUT2D eigenvalue weighted by Gasteiger charge is -2.31. The van der Waals surface area contributed by atoms with Crippen LogP contribution in [0, 0.1) is 5.92 Å². The van der Waals surface area contributed by atoms with Gasteiger partial charge in [0.15, 0.2) is 6.29 Å². The number of rotatable bonds is 1. The molecule has 2 nitrogen and oxygen atoms in total. The van der Waals surface area contributed by atoms with Crippen LogP contribution in [0.15, 0.2) is 0 Å². The van der Waals surface area contributed by atoms with Gasteiger partial charge in [-0.1, -0.05) is 6.92 Å². The fraction of sp³-hybridized carbons (Fsp3) is 1.00. The van der Waals surface area contributed by atoms with Crippen LogP contribution >= 0.6 is 0 Å². The van der Waals surface area contributed by atoms with Crippen molar-refractivity contribution in [3.63, 3.8) is 0 Å². The molecule has 10 heavy (non-hydrogen) atoms. The molecule has 0 aromatic rings. The third kappa shape index (κ3) is 1.70. The molecule has 0 aromatic carbocycles. The van der Waals surface area contributed by atoms with E-state index in [0.29, 0.717) is 12.0 Å². The van der Waals surface area contributed by atoms with Crippen LogP contribution in [0.3, 0.4) is 0 Å². The monoisotopic (exact) mass is 144 g/mol. The summed E-state index contributed by atoms with van der Waals surface area (Å²) in [6.45, 7) is 4.33. The first-order valence-corrected chi connectivity index (χ1v) is 3.92. The third-order valence-corrected chi connectivity index (χ3v) is 2.29. The highest BCUT2D eigenvalue weighted by Crippen LogP contribution is 2.24. The largest absolute Gasteiger partial charge is 0.356 e. The van der Waals surface area contributed by atoms with E-state index in [1.165, 1.54) is 6.42 Å². The van der Waals surface area contributed by atoms with Gasteiger partial charge in [0.05, 0.1) is 6.10 Å². The molecule has 0 aliphatic carbocycles. The summed E-state index contributed by atoms with van der Waals surface area (Å²) in [6, 6.07) is 0. The van der Waals surface area contributed by atoms with Gasteiger partial charge in [0, 0.05) is 7.11 Å². The van der Waals surface area contributed by atoms with Gasteiger partial charge in [-0.3, -0.25) is 0 Å². The van der Waals surface area contributed by atoms with E-state index in [4.69, 9.17) is 9.47 Å². The average Bonchev–Trinajstić information content (AvgIpc) is 1.95. The molecule has 0 N–H and O–H groups in total. The van der Waals surface area contributed by atoms with Crippen molar-refractivity contribution in [2.75, 3.05) is 7.11 Å². The SMILES string of the molecule is CO[C@H]1CC[C@H](C)C(C)O1. The molecular formula is C8H16O2. The quantitative estimate of drug-likeness (QED) is 0.558. The van der Waals surface area contributed by atoms with Crippen molar-refractivity contribution >= 4 is 0 Å². The summed E-state index contributed by atoms with van der Waals surface area (Å²) in [5.74, 6) is 0.686. The predicted molar refractivity (Wildman–Crippen MR) is 39.7 cm³/mol. The van der Waals surface area contributed by atoms with Crippen molar-refractivity contribution in [2.45, 2.75) is 39.1 Å². The summed E-state index contributed by atoms with van der Waals surface area (Å²) in [7, 11) is 1.70. The Balaban J connectivity index is 2.33. The predicted octanol–water partition coefficient (Wildman–Crippen LogP) is 1.79. The summed E-state index contributed by atoms with van der Waals surface area (Å²) in [4.78, 5) is 0. The number of methoxy groups -OCH3 is 1. The Morgan fingerprint density at radius 2 is 2.00 bits per heavy atom. The molecule has 0 aromatic heterocycles. The van der Waals surface area contributed by atoms with Crippen molar-refractivity contribution in [1.82, 2.24) is 0 Å². The van der Waals surface area contributed by atoms with Crippen LogP contribution < -0.4 is 0 Å². The minimum absolute atomic E-state index is 0.0474. The van der Waals surface area contributed by atoms with E-state index in [1.54, 1.807) is 7.11 Å². The molecule has 2 heteroatoms. The minimum atomic E-state index is 0.0474. The molecule has 0 spiro atoms. The lowest BCUT2D eigenvalue weighted by Crippen LogP contribution is -2.32. The maximum atomic E-state index is 5.53. The maximum absolute atomic E-state index is 5.53. The average molecular weight is 144 g/mol. The first-order chi connectivity index (χ1) is 4.74. The van der Waals surface area contributed by atoms with Gasteiger partial charge in [0.25, 0.3) is 0 Å². The zero-order valence-electron chi connectivity index (χ0n) is 6.96. The normalized spacial score (nSPS) is 41.7. The molecule has 1 heterocycles. The fourth-order valence-corrected chi connectivity index (χ4v) is 1.25. The van der Waals surface area contributed by atoms with Crippen LogP contribution in [0.1, 0.15) is 26.7 Å². The van der Waals surface area contributed by atoms with Gasteiger partial charge < -0.3 is 9.47 Å². The molecule has 0 saturated carbocycles. The van der Waals surface area contributed by atoms with Crippen molar-refractivity contribution < 1.29 is 9.47 Å². The smallest absolute Gasteiger partial charge is 0.157 e. The van der Waals surface area contributed by atoms with Crippen LogP contribution in [0.25, 0.3) is 0 Å². The number of hydrogen-bond donors (Lipinski definition) is 0. The molecule has 1 fully saturated rings. The van der Waals surface area contributed by atoms with Gasteiger partial charge in [-0.15, -0.1) is 0 Å². The zero-order valence-corrected chi connectivity index (χ0v) is 6.96. The Morgan fingerprint density at radius 3 is 2.50 bits per heavy atom. The van der Waals surface area contributed by atoms with Crippen LogP contribution in [0.5, 0.6) is 0 Å². The van der Waals surface area contributed by atoms with Gasteiger partial charge in [-0.25, -0.2) is 0 Å². The van der Waals surface area contributed by atoms with Crippen molar-refractivity contribution in [3.8, 4) is 0 Å². The molecule has 0 bridgehead atoms. The highest BCUT2D eigenvalue weighted by molar-refractivity contribution is 4.68. The summed E-state index contributed by atoms with van der Waals surface area (Å²) in [5, 5.41) is 0. The lowest BCUT2D eigenvalue weighted by atomic mass is 9.97. The number of hydrogen-bond acceptors (Lipinski definition) is 2. The van der Waals surface area contributed by atoms with E-state index in [9.17, 15) is 0 Å². The van der Waals surface area contributed by atoms with E-state index >= 15 is 0 Å². The second kappa shape index (κ2) is 3.35. The Kier molecular flexibility index (Phi) is 2.69. The van der Waals surface area contributed by atoms with E-state index in [0.717, 1.165) is 6.42 Å². The Bertz CT molecular complexity index is 103. The van der Waals surface area contributed by atoms with E-state index < -0.39 is 0 Å². The highest BCUT2D eigenvalue weighted by atomic mass is 16.7. The lowest BCUT2D eigenvalue weighted by molar-refractivity contribution is -0.189. The minimum Gasteiger partial charge on any atom is -0.356 e. The molecule has 1 saturated heterocycles. The topological polar surface area (TPSA) is 18.5 Å². The first kappa shape index (κ1) is 8.02. The molecule has 1 rings (SSSR count). The molecule has 1 aliphatic rings. The zero-order chi connectivity index (χ0) is 7.56. The van der Waals surface area contributed by atoms with Gasteiger partial charge in [0.1, 0.15) is 0 Å². The summed E-state index contributed by atoms with van der Waals surface area (Å²) >= 11 is 0.